The zero-order chi connectivity index (χ0) is 24.1. The van der Waals surface area contributed by atoms with Crippen molar-refractivity contribution in [2.24, 2.45) is 5.73 Å². The molecule has 3 aromatic carbocycles. The largest absolute Gasteiger partial charge is 0.481 e. The molecular weight excluding hydrogens is 492 g/mol. The zero-order valence-electron chi connectivity index (χ0n) is 19.2. The third-order valence-corrected chi connectivity index (χ3v) is 6.62. The molecule has 0 saturated carbocycles. The fraction of sp³-hybridized carbons (Fsp3) is 0.214. The van der Waals surface area contributed by atoms with Gasteiger partial charge < -0.3 is 15.2 Å². The van der Waals surface area contributed by atoms with E-state index >= 15 is 0 Å². The Morgan fingerprint density at radius 3 is 2.35 bits per heavy atom. The molecule has 2 N–H and O–H groups in total. The molecule has 174 valence electrons. The van der Waals surface area contributed by atoms with E-state index in [0.717, 1.165) is 32.1 Å². The van der Waals surface area contributed by atoms with Gasteiger partial charge in [0.1, 0.15) is 6.61 Å². The maximum atomic E-state index is 11.7. The van der Waals surface area contributed by atoms with Gasteiger partial charge in [0.15, 0.2) is 0 Å². The minimum atomic E-state index is -0.785. The number of fused-ring (bicyclic) bond motifs is 1. The highest BCUT2D eigenvalue weighted by atomic mass is 79.9. The Morgan fingerprint density at radius 2 is 1.71 bits per heavy atom. The second kappa shape index (κ2) is 10.4. The standard InChI is InChI=1S/C28H27BrN2O3/c1-19(32)34-18-26(30)28(22-11-7-4-8-12-22,17-20-9-5-3-6-10-20)24-16-21-15-23(29)13-14-25(21)31-27(24)33-2/h3-16,26H,17-18,30H2,1-2H3. The first-order chi connectivity index (χ1) is 16.4. The highest BCUT2D eigenvalue weighted by molar-refractivity contribution is 9.10. The van der Waals surface area contributed by atoms with Crippen LogP contribution in [-0.4, -0.2) is 30.7 Å². The molecule has 0 aliphatic rings. The van der Waals surface area contributed by atoms with Crippen LogP contribution in [0.3, 0.4) is 0 Å². The lowest BCUT2D eigenvalue weighted by Crippen LogP contribution is -2.51. The first kappa shape index (κ1) is 23.9. The van der Waals surface area contributed by atoms with Crippen LogP contribution in [0.2, 0.25) is 0 Å². The smallest absolute Gasteiger partial charge is 0.302 e. The number of rotatable bonds is 8. The van der Waals surface area contributed by atoms with E-state index in [0.29, 0.717) is 12.3 Å². The number of hydrogen-bond donors (Lipinski definition) is 1. The Morgan fingerprint density at radius 1 is 1.03 bits per heavy atom. The average molecular weight is 519 g/mol. The number of ether oxygens (including phenoxy) is 2. The maximum Gasteiger partial charge on any atom is 0.302 e. The Hall–Kier alpha value is -3.22. The van der Waals surface area contributed by atoms with Gasteiger partial charge in [0.05, 0.1) is 18.7 Å². The zero-order valence-corrected chi connectivity index (χ0v) is 20.8. The summed E-state index contributed by atoms with van der Waals surface area (Å²) in [5.41, 5.74) is 9.91. The number of nitrogens with two attached hydrogens (primary N) is 1. The molecule has 4 aromatic rings. The van der Waals surface area contributed by atoms with Crippen molar-refractivity contribution < 1.29 is 14.3 Å². The summed E-state index contributed by atoms with van der Waals surface area (Å²) in [6.07, 6.45) is 0.567. The van der Waals surface area contributed by atoms with Gasteiger partial charge in [0, 0.05) is 27.8 Å². The molecule has 0 fully saturated rings. The van der Waals surface area contributed by atoms with Gasteiger partial charge in [-0.05, 0) is 41.8 Å². The van der Waals surface area contributed by atoms with E-state index in [1.165, 1.54) is 6.92 Å². The van der Waals surface area contributed by atoms with Crippen LogP contribution in [0.4, 0.5) is 0 Å². The van der Waals surface area contributed by atoms with Crippen molar-refractivity contribution in [3.05, 3.63) is 106 Å². The topological polar surface area (TPSA) is 74.4 Å². The van der Waals surface area contributed by atoms with Crippen molar-refractivity contribution in [3.8, 4) is 5.88 Å². The van der Waals surface area contributed by atoms with Crippen LogP contribution < -0.4 is 10.5 Å². The summed E-state index contributed by atoms with van der Waals surface area (Å²) in [5, 5.41) is 0.957. The summed E-state index contributed by atoms with van der Waals surface area (Å²) in [5.74, 6) is 0.123. The van der Waals surface area contributed by atoms with E-state index in [1.54, 1.807) is 7.11 Å². The van der Waals surface area contributed by atoms with Gasteiger partial charge in [-0.2, -0.15) is 0 Å². The molecule has 0 amide bonds. The van der Waals surface area contributed by atoms with Crippen molar-refractivity contribution in [1.29, 1.82) is 0 Å². The minimum absolute atomic E-state index is 0.0523. The fourth-order valence-corrected chi connectivity index (χ4v) is 4.88. The molecule has 1 aromatic heterocycles. The lowest BCUT2D eigenvalue weighted by Gasteiger charge is -2.40. The van der Waals surface area contributed by atoms with Crippen molar-refractivity contribution in [2.75, 3.05) is 13.7 Å². The number of benzene rings is 3. The van der Waals surface area contributed by atoms with Gasteiger partial charge in [-0.3, -0.25) is 4.79 Å². The monoisotopic (exact) mass is 518 g/mol. The number of aromatic nitrogens is 1. The number of carbonyl (C=O) groups is 1. The SMILES string of the molecule is COc1nc2ccc(Br)cc2cc1C(Cc1ccccc1)(c1ccccc1)C(N)COC(C)=O. The van der Waals surface area contributed by atoms with Gasteiger partial charge in [-0.25, -0.2) is 4.98 Å². The second-order valence-corrected chi connectivity index (χ2v) is 9.21. The molecule has 0 radical (unpaired) electrons. The molecule has 6 heteroatoms. The number of methoxy groups -OCH3 is 1. The molecule has 0 bridgehead atoms. The molecule has 1 heterocycles. The number of hydrogen-bond acceptors (Lipinski definition) is 5. The summed E-state index contributed by atoms with van der Waals surface area (Å²) in [6.45, 7) is 1.44. The molecule has 2 atom stereocenters. The van der Waals surface area contributed by atoms with Crippen molar-refractivity contribution >= 4 is 32.8 Å². The third kappa shape index (κ3) is 4.83. The Kier molecular flexibility index (Phi) is 7.29. The van der Waals surface area contributed by atoms with Crippen LogP contribution in [0, 0.1) is 0 Å². The summed E-state index contributed by atoms with van der Waals surface area (Å²) < 4.78 is 12.2. The van der Waals surface area contributed by atoms with Gasteiger partial charge in [-0.15, -0.1) is 0 Å². The molecule has 0 spiro atoms. The molecular formula is C28H27BrN2O3. The Labute approximate surface area is 208 Å². The number of pyridine rings is 1. The first-order valence-electron chi connectivity index (χ1n) is 11.1. The molecule has 0 saturated heterocycles. The number of carbonyl (C=O) groups excluding carboxylic acids is 1. The quantitative estimate of drug-likeness (QED) is 0.315. The normalized spacial score (nSPS) is 13.8. The molecule has 34 heavy (non-hydrogen) atoms. The summed E-state index contributed by atoms with van der Waals surface area (Å²) >= 11 is 3.57. The summed E-state index contributed by atoms with van der Waals surface area (Å²) in [4.78, 5) is 16.6. The van der Waals surface area contributed by atoms with Crippen LogP contribution in [0.15, 0.2) is 89.4 Å². The number of esters is 1. The van der Waals surface area contributed by atoms with Gasteiger partial charge >= 0.3 is 5.97 Å². The molecule has 4 rings (SSSR count). The number of nitrogens with zero attached hydrogens (tertiary/aromatic N) is 1. The molecule has 2 unspecified atom stereocenters. The van der Waals surface area contributed by atoms with Crippen LogP contribution in [0.1, 0.15) is 23.6 Å². The van der Waals surface area contributed by atoms with Crippen molar-refractivity contribution in [3.63, 3.8) is 0 Å². The van der Waals surface area contributed by atoms with E-state index < -0.39 is 11.5 Å². The van der Waals surface area contributed by atoms with Crippen LogP contribution >= 0.6 is 15.9 Å². The van der Waals surface area contributed by atoms with E-state index in [2.05, 4.69) is 46.3 Å². The Bertz CT molecular complexity index is 1280. The first-order valence-corrected chi connectivity index (χ1v) is 11.9. The van der Waals surface area contributed by atoms with Crippen molar-refractivity contribution in [2.45, 2.75) is 24.8 Å². The molecule has 0 aliphatic heterocycles. The molecule has 0 aliphatic carbocycles. The lowest BCUT2D eigenvalue weighted by molar-refractivity contribution is -0.141. The Balaban J connectivity index is 2.03. The average Bonchev–Trinajstić information content (AvgIpc) is 2.86. The third-order valence-electron chi connectivity index (χ3n) is 6.13. The molecule has 5 nitrogen and oxygen atoms in total. The second-order valence-electron chi connectivity index (χ2n) is 8.29. The van der Waals surface area contributed by atoms with Gasteiger partial charge in [0.25, 0.3) is 0 Å². The van der Waals surface area contributed by atoms with Crippen molar-refractivity contribution in [1.82, 2.24) is 4.98 Å². The van der Waals surface area contributed by atoms with Crippen LogP contribution in [0.5, 0.6) is 5.88 Å². The van der Waals surface area contributed by atoms with E-state index in [9.17, 15) is 4.79 Å². The summed E-state index contributed by atoms with van der Waals surface area (Å²) in [6, 6.07) is 27.7. The van der Waals surface area contributed by atoms with Crippen LogP contribution in [0.25, 0.3) is 10.9 Å². The highest BCUT2D eigenvalue weighted by Crippen LogP contribution is 2.43. The van der Waals surface area contributed by atoms with E-state index in [4.69, 9.17) is 20.2 Å². The van der Waals surface area contributed by atoms with E-state index in [1.807, 2.05) is 54.6 Å². The van der Waals surface area contributed by atoms with Crippen LogP contribution in [-0.2, 0) is 21.4 Å². The maximum absolute atomic E-state index is 11.7. The highest BCUT2D eigenvalue weighted by Gasteiger charge is 2.44. The van der Waals surface area contributed by atoms with E-state index in [-0.39, 0.29) is 12.6 Å². The predicted molar refractivity (Wildman–Crippen MR) is 138 cm³/mol. The summed E-state index contributed by atoms with van der Waals surface area (Å²) in [7, 11) is 1.62. The minimum Gasteiger partial charge on any atom is -0.481 e. The number of halogens is 1. The van der Waals surface area contributed by atoms with Gasteiger partial charge in [0.2, 0.25) is 5.88 Å². The lowest BCUT2D eigenvalue weighted by atomic mass is 9.66. The fourth-order valence-electron chi connectivity index (χ4n) is 4.51. The van der Waals surface area contributed by atoms with Gasteiger partial charge in [-0.1, -0.05) is 76.6 Å². The predicted octanol–water partition coefficient (Wildman–Crippen LogP) is 5.43.